The van der Waals surface area contributed by atoms with Gasteiger partial charge in [0, 0.05) is 0 Å². The molecule has 0 radical (unpaired) electrons. The Kier molecular flexibility index (Phi) is 5.90. The van der Waals surface area contributed by atoms with Gasteiger partial charge in [-0.15, -0.1) is 0 Å². The third-order valence-electron chi connectivity index (χ3n) is 1.79. The van der Waals surface area contributed by atoms with Crippen molar-refractivity contribution in [1.82, 2.24) is 0 Å². The fourth-order valence-electron chi connectivity index (χ4n) is 0.838. The Morgan fingerprint density at radius 2 is 2.00 bits per heavy atom. The molecule has 8 nitrogen and oxygen atoms in total. The molecule has 0 aromatic carbocycles. The molecule has 0 spiro atoms. The minimum Gasteiger partial charge on any atom is -0.462 e. The Bertz CT molecular complexity index is 252. The molecule has 4 atom stereocenters. The van der Waals surface area contributed by atoms with E-state index in [2.05, 4.69) is 4.74 Å². The van der Waals surface area contributed by atoms with Crippen molar-refractivity contribution in [3.8, 4) is 0 Å². The van der Waals surface area contributed by atoms with Crippen LogP contribution in [0.3, 0.4) is 0 Å². The quantitative estimate of drug-likeness (QED) is 0.213. The molecule has 0 heterocycles. The van der Waals surface area contributed by atoms with Gasteiger partial charge in [-0.1, -0.05) is 0 Å². The van der Waals surface area contributed by atoms with E-state index in [-0.39, 0.29) is 6.29 Å². The van der Waals surface area contributed by atoms with Crippen molar-refractivity contribution in [1.29, 1.82) is 0 Å². The summed E-state index contributed by atoms with van der Waals surface area (Å²) >= 11 is 0. The summed E-state index contributed by atoms with van der Waals surface area (Å²) in [5.41, 5.74) is 1.77. The normalized spacial score (nSPS) is 19.1. The zero-order valence-electron chi connectivity index (χ0n) is 9.31. The lowest BCUT2D eigenvalue weighted by molar-refractivity contribution is -0.155. The van der Waals surface area contributed by atoms with Gasteiger partial charge in [-0.3, -0.25) is 4.79 Å². The molecule has 0 aliphatic heterocycles. The third-order valence-corrected chi connectivity index (χ3v) is 1.79. The van der Waals surface area contributed by atoms with Crippen LogP contribution in [0.2, 0.25) is 1.41 Å². The summed E-state index contributed by atoms with van der Waals surface area (Å²) in [6.45, 7) is -1.04. The van der Waals surface area contributed by atoms with Crippen LogP contribution in [-0.4, -0.2) is 70.2 Å². The molecule has 6 N–H and O–H groups in total. The number of hydrogen-bond acceptors (Lipinski definition) is 8. The Labute approximate surface area is 92.7 Å². The van der Waals surface area contributed by atoms with Crippen LogP contribution in [0.4, 0.5) is 0 Å². The third kappa shape index (κ3) is 4.64. The minimum absolute atomic E-state index is 0.00335. The van der Waals surface area contributed by atoms with Crippen molar-refractivity contribution < 1.29 is 36.2 Å². The first-order chi connectivity index (χ1) is 7.93. The zero-order valence-corrected chi connectivity index (χ0v) is 8.31. The highest BCUT2D eigenvalue weighted by molar-refractivity contribution is 5.71. The lowest BCUT2D eigenvalue weighted by Crippen LogP contribution is -2.47. The maximum atomic E-state index is 10.8. The second-order valence-corrected chi connectivity index (χ2v) is 3.03. The van der Waals surface area contributed by atoms with Gasteiger partial charge in [0.1, 0.15) is 32.4 Å². The Morgan fingerprint density at radius 3 is 2.50 bits per heavy atom. The first-order valence-corrected chi connectivity index (χ1v) is 4.41. The van der Waals surface area contributed by atoms with Gasteiger partial charge in [0.2, 0.25) is 0 Å². The minimum atomic E-state index is -1.88. The Hall–Kier alpha value is -1.06. The molecule has 0 unspecified atom stereocenters. The van der Waals surface area contributed by atoms with Gasteiger partial charge >= 0.3 is 5.97 Å². The number of nitrogens with two attached hydrogens (primary N) is 1. The molecular formula is C8H15NO7. The summed E-state index contributed by atoms with van der Waals surface area (Å²) in [5, 5.41) is 36.6. The van der Waals surface area contributed by atoms with Gasteiger partial charge in [0.25, 0.3) is 0 Å². The van der Waals surface area contributed by atoms with Crippen LogP contribution in [0.1, 0.15) is 0 Å². The van der Waals surface area contributed by atoms with Crippen molar-refractivity contribution in [2.45, 2.75) is 24.4 Å². The van der Waals surface area contributed by atoms with Crippen LogP contribution in [0.5, 0.6) is 0 Å². The molecular weight excluding hydrogens is 222 g/mol. The second kappa shape index (κ2) is 7.25. The first-order valence-electron chi connectivity index (χ1n) is 4.91. The largest absolute Gasteiger partial charge is 0.462 e. The monoisotopic (exact) mass is 238 g/mol. The van der Waals surface area contributed by atoms with Crippen molar-refractivity contribution in [2.75, 3.05) is 13.2 Å². The maximum absolute atomic E-state index is 10.8. The summed E-state index contributed by atoms with van der Waals surface area (Å²) in [7, 11) is 0. The predicted molar refractivity (Wildman–Crippen MR) is 50.1 cm³/mol. The second-order valence-electron chi connectivity index (χ2n) is 3.03. The van der Waals surface area contributed by atoms with E-state index in [1.807, 2.05) is 0 Å². The SMILES string of the molecule is [2H]NCC(=O)OC[C@@H](O)[C@H](O)[C@H](O)[C@H](O)C=O. The molecule has 0 fully saturated rings. The zero-order chi connectivity index (χ0) is 13.4. The average molecular weight is 238 g/mol. The van der Waals surface area contributed by atoms with E-state index >= 15 is 0 Å². The smallest absolute Gasteiger partial charge is 0.319 e. The summed E-state index contributed by atoms with van der Waals surface area (Å²) in [4.78, 5) is 20.9. The van der Waals surface area contributed by atoms with Gasteiger partial charge in [-0.2, -0.15) is 0 Å². The van der Waals surface area contributed by atoms with Gasteiger partial charge < -0.3 is 35.7 Å². The number of hydrogen-bond donors (Lipinski definition) is 5. The van der Waals surface area contributed by atoms with Crippen molar-refractivity contribution in [2.24, 2.45) is 5.73 Å². The number of aliphatic hydroxyl groups is 4. The molecule has 0 aliphatic rings. The fraction of sp³-hybridized carbons (Fsp3) is 0.750. The molecule has 0 saturated carbocycles. The standard InChI is InChI=1S/C8H15NO7/c9-1-6(13)16-3-5(12)8(15)7(14)4(11)2-10/h2,4-5,7-8,11-12,14-15H,1,3,9H2/t4-,5-,7-,8+/m1/s1/i/hD. The molecule has 0 aliphatic carbocycles. The van der Waals surface area contributed by atoms with Gasteiger partial charge in [0.05, 0.1) is 6.54 Å². The number of carbonyl (C=O) groups excluding carboxylic acids is 2. The van der Waals surface area contributed by atoms with Crippen molar-refractivity contribution >= 4 is 12.3 Å². The highest BCUT2D eigenvalue weighted by atomic mass is 16.5. The molecule has 8 heteroatoms. The summed E-state index contributed by atoms with van der Waals surface area (Å²) in [6.07, 6.45) is -7.22. The summed E-state index contributed by atoms with van der Waals surface area (Å²) in [6, 6.07) is 0. The van der Waals surface area contributed by atoms with E-state index in [0.717, 1.165) is 0 Å². The van der Waals surface area contributed by atoms with Crippen molar-refractivity contribution in [3.05, 3.63) is 0 Å². The molecule has 0 amide bonds. The van der Waals surface area contributed by atoms with Gasteiger partial charge in [-0.25, -0.2) is 0 Å². The van der Waals surface area contributed by atoms with E-state index in [9.17, 15) is 19.8 Å². The Balaban J connectivity index is 4.08. The number of esters is 1. The maximum Gasteiger partial charge on any atom is 0.319 e. The van der Waals surface area contributed by atoms with Crippen LogP contribution in [0.15, 0.2) is 0 Å². The molecule has 0 aromatic rings. The highest BCUT2D eigenvalue weighted by Gasteiger charge is 2.30. The van der Waals surface area contributed by atoms with E-state index in [0.29, 0.717) is 0 Å². The predicted octanol–water partition coefficient (Wildman–Crippen LogP) is -3.87. The van der Waals surface area contributed by atoms with E-state index in [4.69, 9.17) is 11.6 Å². The number of aldehydes is 1. The van der Waals surface area contributed by atoms with Crippen LogP contribution in [0, 0.1) is 0 Å². The average Bonchev–Trinajstić information content (AvgIpc) is 2.33. The van der Waals surface area contributed by atoms with E-state index in [1.54, 1.807) is 5.73 Å². The molecule has 16 heavy (non-hydrogen) atoms. The van der Waals surface area contributed by atoms with E-state index in [1.165, 1.54) is 0 Å². The molecule has 0 rings (SSSR count). The number of rotatable bonds is 8. The lowest BCUT2D eigenvalue weighted by atomic mass is 10.0. The highest BCUT2D eigenvalue weighted by Crippen LogP contribution is 2.04. The summed E-state index contributed by atoms with van der Waals surface area (Å²) < 4.78 is 10.9. The molecule has 0 saturated heterocycles. The van der Waals surface area contributed by atoms with Crippen LogP contribution in [0.25, 0.3) is 0 Å². The van der Waals surface area contributed by atoms with Gasteiger partial charge in [0.15, 0.2) is 6.29 Å². The molecule has 0 bridgehead atoms. The lowest BCUT2D eigenvalue weighted by Gasteiger charge is -2.23. The fourth-order valence-corrected chi connectivity index (χ4v) is 0.838. The van der Waals surface area contributed by atoms with Crippen LogP contribution < -0.4 is 5.73 Å². The molecule has 0 aromatic heterocycles. The first kappa shape index (κ1) is 13.0. The van der Waals surface area contributed by atoms with Crippen molar-refractivity contribution in [3.63, 3.8) is 0 Å². The number of aliphatic hydroxyl groups excluding tert-OH is 4. The topological polar surface area (TPSA) is 150 Å². The summed E-state index contributed by atoms with van der Waals surface area (Å²) in [5.74, 6) is -0.836. The van der Waals surface area contributed by atoms with Crippen LogP contribution in [-0.2, 0) is 14.3 Å². The van der Waals surface area contributed by atoms with Gasteiger partial charge in [-0.05, 0) is 0 Å². The Morgan fingerprint density at radius 1 is 1.38 bits per heavy atom. The van der Waals surface area contributed by atoms with Crippen LogP contribution >= 0.6 is 0 Å². The number of ether oxygens (including phenoxy) is 1. The number of carbonyl (C=O) groups is 2. The molecule has 94 valence electrons. The van der Waals surface area contributed by atoms with E-state index < -0.39 is 43.5 Å².